The SMILES string of the molecule is CC(C)(C)c1cc(Cc2cc(C(C)(C)C)c(CO)c(C(C)(C)C)c2)cc(C(C)(C)C)c1CO. The molecule has 0 aliphatic rings. The van der Waals surface area contributed by atoms with Gasteiger partial charge in [0.2, 0.25) is 0 Å². The van der Waals surface area contributed by atoms with Crippen LogP contribution in [0, 0.1) is 0 Å². The summed E-state index contributed by atoms with van der Waals surface area (Å²) in [5.74, 6) is 0. The molecule has 0 atom stereocenters. The van der Waals surface area contributed by atoms with Gasteiger partial charge in [-0.3, -0.25) is 0 Å². The molecule has 2 N–H and O–H groups in total. The van der Waals surface area contributed by atoms with Crippen molar-refractivity contribution in [1.29, 1.82) is 0 Å². The van der Waals surface area contributed by atoms with Gasteiger partial charge in [0, 0.05) is 0 Å². The number of rotatable bonds is 4. The van der Waals surface area contributed by atoms with Crippen molar-refractivity contribution < 1.29 is 10.2 Å². The van der Waals surface area contributed by atoms with Crippen molar-refractivity contribution in [2.75, 3.05) is 0 Å². The predicted molar refractivity (Wildman–Crippen MR) is 142 cm³/mol. The Morgan fingerprint density at radius 1 is 0.455 bits per heavy atom. The lowest BCUT2D eigenvalue weighted by atomic mass is 9.73. The summed E-state index contributed by atoms with van der Waals surface area (Å²) in [4.78, 5) is 0. The van der Waals surface area contributed by atoms with Gasteiger partial charge in [0.1, 0.15) is 0 Å². The average molecular weight is 453 g/mol. The van der Waals surface area contributed by atoms with Crippen molar-refractivity contribution in [3.05, 3.63) is 68.8 Å². The number of hydrogen-bond acceptors (Lipinski definition) is 2. The van der Waals surface area contributed by atoms with Crippen molar-refractivity contribution in [3.8, 4) is 0 Å². The lowest BCUT2D eigenvalue weighted by molar-refractivity contribution is 0.275. The highest BCUT2D eigenvalue weighted by Crippen LogP contribution is 2.38. The molecule has 0 fully saturated rings. The van der Waals surface area contributed by atoms with Crippen LogP contribution in [0.2, 0.25) is 0 Å². The van der Waals surface area contributed by atoms with Crippen LogP contribution in [0.5, 0.6) is 0 Å². The number of aliphatic hydroxyl groups is 2. The summed E-state index contributed by atoms with van der Waals surface area (Å²) in [5, 5.41) is 20.6. The van der Waals surface area contributed by atoms with E-state index in [4.69, 9.17) is 0 Å². The Morgan fingerprint density at radius 3 is 0.818 bits per heavy atom. The van der Waals surface area contributed by atoms with Gasteiger partial charge >= 0.3 is 0 Å². The van der Waals surface area contributed by atoms with Gasteiger partial charge in [0.15, 0.2) is 0 Å². The van der Waals surface area contributed by atoms with Crippen LogP contribution in [0.15, 0.2) is 24.3 Å². The lowest BCUT2D eigenvalue weighted by Gasteiger charge is -2.32. The second kappa shape index (κ2) is 9.19. The van der Waals surface area contributed by atoms with E-state index in [0.29, 0.717) is 0 Å². The molecular weight excluding hydrogens is 404 g/mol. The van der Waals surface area contributed by atoms with Crippen LogP contribution in [0.4, 0.5) is 0 Å². The van der Waals surface area contributed by atoms with Crippen molar-refractivity contribution in [2.24, 2.45) is 0 Å². The highest BCUT2D eigenvalue weighted by Gasteiger charge is 2.28. The summed E-state index contributed by atoms with van der Waals surface area (Å²) >= 11 is 0. The monoisotopic (exact) mass is 452 g/mol. The molecule has 2 aromatic rings. The third kappa shape index (κ3) is 6.28. The van der Waals surface area contributed by atoms with Crippen LogP contribution in [-0.4, -0.2) is 10.2 Å². The largest absolute Gasteiger partial charge is 0.392 e. The first-order valence-corrected chi connectivity index (χ1v) is 12.4. The number of benzene rings is 2. The van der Waals surface area contributed by atoms with E-state index in [-0.39, 0.29) is 34.9 Å². The van der Waals surface area contributed by atoms with Crippen LogP contribution >= 0.6 is 0 Å². The number of hydrogen-bond donors (Lipinski definition) is 2. The molecule has 0 aliphatic carbocycles. The molecule has 2 aromatic carbocycles. The highest BCUT2D eigenvalue weighted by atomic mass is 16.3. The summed E-state index contributed by atoms with van der Waals surface area (Å²) in [5.41, 5.74) is 9.39. The van der Waals surface area contributed by atoms with E-state index in [9.17, 15) is 10.2 Å². The highest BCUT2D eigenvalue weighted by molar-refractivity contribution is 5.49. The van der Waals surface area contributed by atoms with Crippen LogP contribution in [0.1, 0.15) is 128 Å². The lowest BCUT2D eigenvalue weighted by Crippen LogP contribution is -2.23. The maximum Gasteiger partial charge on any atom is 0.0687 e. The summed E-state index contributed by atoms with van der Waals surface area (Å²) < 4.78 is 0. The molecule has 0 saturated carbocycles. The van der Waals surface area contributed by atoms with Gasteiger partial charge in [-0.25, -0.2) is 0 Å². The van der Waals surface area contributed by atoms with E-state index in [0.717, 1.165) is 17.5 Å². The van der Waals surface area contributed by atoms with E-state index < -0.39 is 0 Å². The second-order valence-corrected chi connectivity index (χ2v) is 13.8. The molecule has 2 heteroatoms. The minimum Gasteiger partial charge on any atom is -0.392 e. The van der Waals surface area contributed by atoms with Crippen molar-refractivity contribution in [1.82, 2.24) is 0 Å². The molecule has 2 nitrogen and oxygen atoms in total. The molecule has 33 heavy (non-hydrogen) atoms. The molecule has 0 amide bonds. The van der Waals surface area contributed by atoms with E-state index in [1.807, 2.05) is 0 Å². The third-order valence-corrected chi connectivity index (χ3v) is 6.58. The Kier molecular flexibility index (Phi) is 7.69. The van der Waals surface area contributed by atoms with Crippen LogP contribution in [0.25, 0.3) is 0 Å². The molecule has 0 aliphatic heterocycles. The van der Waals surface area contributed by atoms with E-state index in [2.05, 4.69) is 107 Å². The van der Waals surface area contributed by atoms with Gasteiger partial charge in [-0.15, -0.1) is 0 Å². The van der Waals surface area contributed by atoms with Crippen LogP contribution < -0.4 is 0 Å². The third-order valence-electron chi connectivity index (χ3n) is 6.58. The normalized spacial score (nSPS) is 13.5. The minimum atomic E-state index is -0.0536. The Morgan fingerprint density at radius 2 is 0.667 bits per heavy atom. The molecular formula is C31H48O2. The smallest absolute Gasteiger partial charge is 0.0687 e. The zero-order chi connectivity index (χ0) is 25.6. The van der Waals surface area contributed by atoms with Crippen molar-refractivity contribution >= 4 is 0 Å². The topological polar surface area (TPSA) is 40.5 Å². The summed E-state index contributed by atoms with van der Waals surface area (Å²) in [7, 11) is 0. The van der Waals surface area contributed by atoms with Gasteiger partial charge in [0.25, 0.3) is 0 Å². The zero-order valence-corrected chi connectivity index (χ0v) is 23.3. The average Bonchev–Trinajstić information content (AvgIpc) is 2.63. The second-order valence-electron chi connectivity index (χ2n) is 13.8. The van der Waals surface area contributed by atoms with Crippen molar-refractivity contribution in [3.63, 3.8) is 0 Å². The van der Waals surface area contributed by atoms with Crippen LogP contribution in [0.3, 0.4) is 0 Å². The van der Waals surface area contributed by atoms with Gasteiger partial charge in [-0.05, 0) is 72.6 Å². The fraction of sp³-hybridized carbons (Fsp3) is 0.613. The molecule has 0 aromatic heterocycles. The van der Waals surface area contributed by atoms with Gasteiger partial charge in [-0.1, -0.05) is 107 Å². The zero-order valence-electron chi connectivity index (χ0n) is 23.3. The van der Waals surface area contributed by atoms with E-state index in [1.165, 1.54) is 33.4 Å². The summed E-state index contributed by atoms with van der Waals surface area (Å²) in [6.07, 6.45) is 0.829. The molecule has 0 saturated heterocycles. The van der Waals surface area contributed by atoms with Gasteiger partial charge in [0.05, 0.1) is 13.2 Å². The van der Waals surface area contributed by atoms with E-state index >= 15 is 0 Å². The first-order valence-electron chi connectivity index (χ1n) is 12.4. The molecule has 0 spiro atoms. The fourth-order valence-corrected chi connectivity index (χ4v) is 4.92. The Labute approximate surface area is 203 Å². The number of aliphatic hydroxyl groups excluding tert-OH is 2. The fourth-order valence-electron chi connectivity index (χ4n) is 4.92. The molecule has 0 heterocycles. The summed E-state index contributed by atoms with van der Waals surface area (Å²) in [6.45, 7) is 26.8. The minimum absolute atomic E-state index is 0.0536. The van der Waals surface area contributed by atoms with Gasteiger partial charge in [-0.2, -0.15) is 0 Å². The van der Waals surface area contributed by atoms with Crippen molar-refractivity contribution in [2.45, 2.75) is 124 Å². The molecule has 2 rings (SSSR count). The first-order chi connectivity index (χ1) is 14.8. The van der Waals surface area contributed by atoms with Crippen LogP contribution in [-0.2, 0) is 41.3 Å². The summed E-state index contributed by atoms with van der Waals surface area (Å²) in [6, 6.07) is 9.20. The van der Waals surface area contributed by atoms with Gasteiger partial charge < -0.3 is 10.2 Å². The maximum atomic E-state index is 10.3. The maximum absolute atomic E-state index is 10.3. The molecule has 0 unspecified atom stereocenters. The Balaban J connectivity index is 2.79. The first kappa shape index (κ1) is 27.6. The Bertz CT molecular complexity index is 832. The molecule has 0 bridgehead atoms. The molecule has 0 radical (unpaired) electrons. The quantitative estimate of drug-likeness (QED) is 0.505. The van der Waals surface area contributed by atoms with E-state index in [1.54, 1.807) is 0 Å². The standard InChI is InChI=1S/C31H48O2/c1-28(2,3)24-14-20(15-25(22(24)18-32)29(4,5)6)13-21-16-26(30(7,8)9)23(19-33)27(17-21)31(10,11)12/h14-17,32-33H,13,18-19H2,1-12H3. The predicted octanol–water partition coefficient (Wildman–Crippen LogP) is 7.45. The Hall–Kier alpha value is -1.64. The molecule has 184 valence electrons.